The molecule has 0 aliphatic carbocycles. The molecule has 0 nitrogen and oxygen atoms in total. The van der Waals surface area contributed by atoms with Crippen molar-refractivity contribution in [2.45, 2.75) is 26.7 Å². The first kappa shape index (κ1) is 9.54. The third-order valence-corrected chi connectivity index (χ3v) is 0.500. The second-order valence-corrected chi connectivity index (χ2v) is 1.000. The van der Waals surface area contributed by atoms with E-state index in [0.717, 1.165) is 0 Å². The van der Waals surface area contributed by atoms with Gasteiger partial charge >= 0.3 is 0 Å². The summed E-state index contributed by atoms with van der Waals surface area (Å²) in [4.78, 5) is 0. The Morgan fingerprint density at radius 1 is 1.00 bits per heavy atom. The van der Waals surface area contributed by atoms with Gasteiger partial charge in [0.2, 0.25) is 0 Å². The van der Waals surface area contributed by atoms with Gasteiger partial charge in [-0.1, -0.05) is 26.7 Å². The van der Waals surface area contributed by atoms with E-state index in [-0.39, 0.29) is 37.7 Å². The van der Waals surface area contributed by atoms with E-state index in [0.29, 0.717) is 0 Å². The number of hydrogen-bond acceptors (Lipinski definition) is 0. The minimum absolute atomic E-state index is 0. The summed E-state index contributed by atoms with van der Waals surface area (Å²) in [5.41, 5.74) is 0. The molecular weight excluding hydrogens is 88.0 g/mol. The Hall–Kier alpha value is 1.26. The zero-order chi connectivity index (χ0) is 3.41. The maximum absolute atomic E-state index is 2.18. The van der Waals surface area contributed by atoms with Gasteiger partial charge in [0.25, 0.3) is 0 Å². The second-order valence-electron chi connectivity index (χ2n) is 1.000. The first-order valence-electron chi connectivity index (χ1n) is 1.91. The van der Waals surface area contributed by atoms with Gasteiger partial charge in [-0.2, -0.15) is 0 Å². The van der Waals surface area contributed by atoms with Crippen molar-refractivity contribution in [3.63, 3.8) is 0 Å². The molecule has 0 N–H and O–H groups in total. The number of rotatable bonds is 1. The van der Waals surface area contributed by atoms with E-state index < -0.39 is 0 Å². The van der Waals surface area contributed by atoms with E-state index in [2.05, 4.69) is 13.8 Å². The van der Waals surface area contributed by atoms with Crippen LogP contribution in [-0.4, -0.2) is 0 Å². The monoisotopic (exact) mass is 98.0 g/mol. The summed E-state index contributed by atoms with van der Waals surface area (Å²) >= 11 is 0. The van der Waals surface area contributed by atoms with Crippen molar-refractivity contribution in [2.24, 2.45) is 0 Å². The van der Waals surface area contributed by atoms with Crippen molar-refractivity contribution < 1.29 is 37.7 Å². The molecule has 0 aliphatic rings. The van der Waals surface area contributed by atoms with Crippen LogP contribution in [0.5, 0.6) is 0 Å². The Morgan fingerprint density at radius 3 is 1.20 bits per heavy atom. The van der Waals surface area contributed by atoms with Crippen LogP contribution >= 0.6 is 0 Å². The molecule has 34 valence electrons. The summed E-state index contributed by atoms with van der Waals surface area (Å²) in [6.07, 6.45) is 2.64. The van der Waals surface area contributed by atoms with Crippen molar-refractivity contribution in [3.05, 3.63) is 0 Å². The Labute approximate surface area is 63.9 Å². The van der Waals surface area contributed by atoms with E-state index in [1.165, 1.54) is 12.8 Å². The van der Waals surface area contributed by atoms with E-state index in [1.54, 1.807) is 0 Å². The van der Waals surface area contributed by atoms with Crippen molar-refractivity contribution in [2.75, 3.05) is 0 Å². The van der Waals surface area contributed by atoms with Crippen molar-refractivity contribution in [1.29, 1.82) is 0 Å². The zero-order valence-electron chi connectivity index (χ0n) is 3.77. The second kappa shape index (κ2) is 8.98. The Morgan fingerprint density at radius 2 is 1.20 bits per heavy atom. The molecule has 0 radical (unpaired) electrons. The average molecular weight is 98.1 g/mol. The normalized spacial score (nSPS) is 6.00. The predicted octanol–water partition coefficient (Wildman–Crippen LogP) is 1.81. The van der Waals surface area contributed by atoms with Crippen molar-refractivity contribution in [3.8, 4) is 0 Å². The van der Waals surface area contributed by atoms with Crippen LogP contribution in [0.25, 0.3) is 0 Å². The van der Waals surface area contributed by atoms with Crippen molar-refractivity contribution >= 4 is 0 Å². The van der Waals surface area contributed by atoms with E-state index >= 15 is 0 Å². The van der Waals surface area contributed by atoms with Crippen LogP contribution in [0, 0.1) is 37.7 Å². The van der Waals surface area contributed by atoms with E-state index in [9.17, 15) is 0 Å². The molecule has 0 amide bonds. The molecule has 0 aromatic carbocycles. The molecule has 0 aromatic heterocycles. The van der Waals surface area contributed by atoms with Crippen LogP contribution in [0.4, 0.5) is 0 Å². The Bertz CT molecular complexity index is 5.61. The van der Waals surface area contributed by atoms with Gasteiger partial charge in [-0.05, 0) is 0 Å². The SMILES string of the molecule is CCCC.[Ar]. The molecule has 0 saturated heterocycles. The third-order valence-electron chi connectivity index (χ3n) is 0.500. The summed E-state index contributed by atoms with van der Waals surface area (Å²) in [5.74, 6) is 0. The van der Waals surface area contributed by atoms with Gasteiger partial charge < -0.3 is 0 Å². The molecule has 0 bridgehead atoms. The first-order chi connectivity index (χ1) is 1.91. The molecule has 5 heavy (non-hydrogen) atoms. The van der Waals surface area contributed by atoms with Crippen LogP contribution in [0.1, 0.15) is 26.7 Å². The van der Waals surface area contributed by atoms with Gasteiger partial charge in [0, 0.05) is 37.7 Å². The Kier molecular flexibility index (Phi) is 17.1. The van der Waals surface area contributed by atoms with Crippen LogP contribution in [0.2, 0.25) is 0 Å². The third kappa shape index (κ3) is 10.9. The average Bonchev–Trinajstić information content (AvgIpc) is 1.37. The Balaban J connectivity index is 0. The largest absolute Gasteiger partial charge is 0.0654 e. The molecule has 0 atom stereocenters. The molecule has 0 spiro atoms. The van der Waals surface area contributed by atoms with Gasteiger partial charge in [0.15, 0.2) is 0 Å². The molecule has 0 aromatic rings. The van der Waals surface area contributed by atoms with Crippen molar-refractivity contribution in [1.82, 2.24) is 0 Å². The van der Waals surface area contributed by atoms with Gasteiger partial charge in [-0.15, -0.1) is 0 Å². The van der Waals surface area contributed by atoms with Gasteiger partial charge in [0.05, 0.1) is 0 Å². The molecule has 0 saturated carbocycles. The summed E-state index contributed by atoms with van der Waals surface area (Å²) in [5, 5.41) is 0. The molecule has 0 unspecified atom stereocenters. The van der Waals surface area contributed by atoms with Gasteiger partial charge in [0.1, 0.15) is 0 Å². The smallest absolute Gasteiger partial charge is 0 e. The van der Waals surface area contributed by atoms with Crippen LogP contribution in [0.15, 0.2) is 0 Å². The number of unbranched alkanes of at least 4 members (excludes halogenated alkanes) is 1. The summed E-state index contributed by atoms with van der Waals surface area (Å²) in [7, 11) is 0. The molecule has 0 fully saturated rings. The quantitative estimate of drug-likeness (QED) is 0.469. The summed E-state index contributed by atoms with van der Waals surface area (Å²) in [6, 6.07) is 0. The fourth-order valence-corrected chi connectivity index (χ4v) is 0. The summed E-state index contributed by atoms with van der Waals surface area (Å²) < 4.78 is 0. The van der Waals surface area contributed by atoms with Crippen LogP contribution in [0.3, 0.4) is 0 Å². The molecule has 1 heteroatoms. The van der Waals surface area contributed by atoms with Gasteiger partial charge in [-0.3, -0.25) is 0 Å². The molecule has 0 rings (SSSR count). The molecule has 0 aliphatic heterocycles. The fourth-order valence-electron chi connectivity index (χ4n) is 0. The topological polar surface area (TPSA) is 0 Å². The zero-order valence-corrected chi connectivity index (χ0v) is 4.47. The minimum Gasteiger partial charge on any atom is -0.0654 e. The fraction of sp³-hybridized carbons (Fsp3) is 1.00. The predicted molar refractivity (Wildman–Crippen MR) is 20.6 cm³/mol. The molecular formula is C4H10Ar. The number of hydrogen-bond donors (Lipinski definition) is 0. The maximum Gasteiger partial charge on any atom is 0 e. The van der Waals surface area contributed by atoms with Crippen LogP contribution < -0.4 is 0 Å². The molecule has 0 heterocycles. The first-order valence-corrected chi connectivity index (χ1v) is 1.91. The van der Waals surface area contributed by atoms with Gasteiger partial charge in [-0.25, -0.2) is 0 Å². The summed E-state index contributed by atoms with van der Waals surface area (Å²) in [6.45, 7) is 4.36. The van der Waals surface area contributed by atoms with Crippen LogP contribution in [-0.2, 0) is 0 Å². The van der Waals surface area contributed by atoms with E-state index in [4.69, 9.17) is 0 Å². The standard InChI is InChI=1S/C4H10.Ar/c1-3-4-2;/h3-4H2,1-2H3;. The minimum atomic E-state index is 0. The van der Waals surface area contributed by atoms with E-state index in [1.807, 2.05) is 0 Å². The maximum atomic E-state index is 2.18.